The lowest BCUT2D eigenvalue weighted by molar-refractivity contribution is -0.298. The van der Waals surface area contributed by atoms with Crippen LogP contribution in [0.2, 0.25) is 0 Å². The van der Waals surface area contributed by atoms with Crippen molar-refractivity contribution in [3.05, 3.63) is 112 Å². The van der Waals surface area contributed by atoms with Crippen LogP contribution in [-0.2, 0) is 181 Å². The van der Waals surface area contributed by atoms with Gasteiger partial charge >= 0.3 is 95.5 Å². The first kappa shape index (κ1) is 113. The number of phenolic OH excluding ortho intramolecular Hbond substituents is 3. The maximum absolute atomic E-state index is 13.2. The SMILES string of the molecule is C.C.C.CC(=O)OC[C@H]1O[C@@H](OC2=CC(=O)c3cccc(O)c3C2=O)[C@H](OC(C)=O)[C@@H](OC(C)=O)[C@@H]1OC(C)=O.CC(=O)OC[C@H]1O[C@@H](Oc2c(O)c3c(c(O)c2O[C@@H]2O[C@H](COC(C)=O)[C@@H](OC(C)=O)[C@H](OC(C)=O)[C@H]2OC(C)=O)C(=O)C=CC3=O)[C@H](OC(C)=O)[C@@H](OC(C)=O)[C@@H]1OC(C)=O.CC(=O)OC[C@H]1O[C@H](OC2=CC(=O)c3ccccc3C2=O)[C@H](OC(C)=O)[C@@H](OC(C)=O)[C@H]1OC(C)=O. The lowest BCUT2D eigenvalue weighted by atomic mass is 9.91. The maximum atomic E-state index is 13.2. The molecule has 0 aromatic heterocycles. The molecule has 0 saturated carbocycles. The summed E-state index contributed by atoms with van der Waals surface area (Å²) in [4.78, 5) is 270. The van der Waals surface area contributed by atoms with Gasteiger partial charge in [-0.3, -0.25) is 105 Å². The van der Waals surface area contributed by atoms with Gasteiger partial charge in [-0.25, -0.2) is 0 Å². The molecule has 0 bridgehead atoms. The Morgan fingerprint density at radius 3 is 0.761 bits per heavy atom. The molecule has 7 aliphatic rings. The summed E-state index contributed by atoms with van der Waals surface area (Å²) in [6.45, 7) is 13.8. The van der Waals surface area contributed by atoms with Gasteiger partial charge in [-0.05, 0) is 18.2 Å². The highest BCUT2D eigenvalue weighted by Crippen LogP contribution is 2.53. The zero-order chi connectivity index (χ0) is 100. The molecule has 20 atom stereocenters. The average molecular weight is 1960 g/mol. The fraction of sp³-hybridized carbons (Fsp3) is 0.483. The van der Waals surface area contributed by atoms with Crippen LogP contribution in [0.4, 0.5) is 0 Å². The van der Waals surface area contributed by atoms with E-state index in [1.807, 2.05) is 0 Å². The maximum Gasteiger partial charge on any atom is 0.303 e. The van der Waals surface area contributed by atoms with Gasteiger partial charge in [0.1, 0.15) is 56.6 Å². The zero-order valence-electron chi connectivity index (χ0n) is 74.3. The predicted octanol–water partition coefficient (Wildman–Crippen LogP) is 3.67. The van der Waals surface area contributed by atoms with Gasteiger partial charge in [0.25, 0.3) is 0 Å². The minimum atomic E-state index is -2.18. The Balaban J connectivity index is 0.000000382. The number of allylic oxidation sites excluding steroid dienone is 6. The Morgan fingerprint density at radius 2 is 0.493 bits per heavy atom. The number of phenols is 3. The highest BCUT2D eigenvalue weighted by molar-refractivity contribution is 6.26. The molecule has 0 radical (unpaired) electrons. The number of carbonyl (C=O) groups excluding carboxylic acids is 22. The molecule has 4 heterocycles. The molecule has 3 N–H and O–H groups in total. The molecule has 3 aromatic carbocycles. The summed E-state index contributed by atoms with van der Waals surface area (Å²) in [7, 11) is 0. The van der Waals surface area contributed by atoms with Gasteiger partial charge < -0.3 is 129 Å². The van der Waals surface area contributed by atoms with Crippen molar-refractivity contribution in [2.45, 2.75) is 256 Å². The number of fused-ring (bicyclic) bond motifs is 3. The fourth-order valence-electron chi connectivity index (χ4n) is 14.1. The highest BCUT2D eigenvalue weighted by Gasteiger charge is 2.60. The Bertz CT molecular complexity index is 5180. The summed E-state index contributed by atoms with van der Waals surface area (Å²) in [5.41, 5.74) is -1.84. The molecule has 10 rings (SSSR count). The van der Waals surface area contributed by atoms with Crippen molar-refractivity contribution in [1.82, 2.24) is 0 Å². The Hall–Kier alpha value is -15.1. The van der Waals surface area contributed by atoms with E-state index in [4.69, 9.17) is 114 Å². The minimum absolute atomic E-state index is 0. The van der Waals surface area contributed by atoms with Crippen LogP contribution in [0.1, 0.15) is 195 Å². The van der Waals surface area contributed by atoms with E-state index in [0.29, 0.717) is 0 Å². The second-order valence-corrected chi connectivity index (χ2v) is 29.6. The molecule has 49 nitrogen and oxygen atoms in total. The normalized spacial score (nSPS) is 25.0. The number of hydrogen-bond acceptors (Lipinski definition) is 49. The van der Waals surface area contributed by atoms with E-state index < -0.39 is 331 Å². The molecule has 138 heavy (non-hydrogen) atoms. The van der Waals surface area contributed by atoms with Crippen LogP contribution in [0.3, 0.4) is 0 Å². The third kappa shape index (κ3) is 29.4. The fourth-order valence-corrected chi connectivity index (χ4v) is 14.1. The number of Topliss-reactive ketones (excluding diaryl/α,β-unsaturated/α-hetero) is 2. The van der Waals surface area contributed by atoms with Crippen LogP contribution >= 0.6 is 0 Å². The molecule has 3 aromatic rings. The summed E-state index contributed by atoms with van der Waals surface area (Å²) in [6, 6.07) is 10.0. The van der Waals surface area contributed by atoms with Gasteiger partial charge in [-0.1, -0.05) is 58.7 Å². The van der Waals surface area contributed by atoms with Crippen molar-refractivity contribution < 1.29 is 234 Å². The number of ketones is 6. The van der Waals surface area contributed by atoms with Gasteiger partial charge in [-0.2, -0.15) is 0 Å². The van der Waals surface area contributed by atoms with Crippen LogP contribution in [0.5, 0.6) is 28.7 Å². The number of carbonyl (C=O) groups is 22. The first-order valence-electron chi connectivity index (χ1n) is 40.2. The Labute approximate surface area is 784 Å². The first-order chi connectivity index (χ1) is 63.3. The molecule has 4 fully saturated rings. The van der Waals surface area contributed by atoms with Gasteiger partial charge in [0.15, 0.2) is 95.0 Å². The topological polar surface area (TPSA) is 658 Å². The molecule has 3 aliphatic carbocycles. The summed E-state index contributed by atoms with van der Waals surface area (Å²) in [5.74, 6) is -25.3. The van der Waals surface area contributed by atoms with E-state index in [0.717, 1.165) is 135 Å². The summed E-state index contributed by atoms with van der Waals surface area (Å²) >= 11 is 0. The van der Waals surface area contributed by atoms with Gasteiger partial charge in [-0.15, -0.1) is 0 Å². The van der Waals surface area contributed by atoms with E-state index >= 15 is 0 Å². The lowest BCUT2D eigenvalue weighted by Gasteiger charge is -2.45. The molecule has 0 amide bonds. The molecular formula is C89H102O49. The second kappa shape index (κ2) is 49.9. The molecule has 752 valence electrons. The third-order valence-electron chi connectivity index (χ3n) is 18.9. The summed E-state index contributed by atoms with van der Waals surface area (Å²) in [5, 5.41) is 33.7. The van der Waals surface area contributed by atoms with Crippen molar-refractivity contribution in [2.75, 3.05) is 26.4 Å². The van der Waals surface area contributed by atoms with Gasteiger partial charge in [0.2, 0.25) is 72.6 Å². The standard InChI is InChI=1S/C38H42O24.C24H24O13.C24H24O12.3CH4/c1-13(39)51-11-23-29(53-15(3)41)33(55-17(5)43)35(57-19(7)45)37(59-23)61-31-27(49)25-21(47)9-10-22(48)26(25)28(50)32(31)62-38-36(58-20(8)46)34(56-18(6)44)30(54-16(4)42)24(60-38)12-52-14(2)40;1-10(25)32-9-18-21(33-11(2)26)22(34-12(3)27)23(35-13(4)28)24(37-18)36-17-8-16(30)14-6-5-7-15(29)19(14)20(17)31;1-11(25)31-10-19-21(32-12(2)26)22(33-13(3)27)23(34-14(4)28)24(36-19)35-18-9-17(29)15-7-5-6-8-16(15)20(18)30;;;/h9-10,23-24,29-30,33-38,49-50H,11-12H2,1-8H3;5-8,18,21-24,29H,9H2,1-4H3;5-9,19,21-24H,10H2,1-4H3;3*1H4/t23-,24-,29-,30-,33+,34+,35-,36-,37+,38+;18-,21-,22+,23-,24-;19-,21+,22+,23-,24+;;;/m111.../s1. The predicted molar refractivity (Wildman–Crippen MR) is 447 cm³/mol. The molecule has 49 heteroatoms. The van der Waals surface area contributed by atoms with Crippen molar-refractivity contribution >= 4 is 130 Å². The van der Waals surface area contributed by atoms with E-state index in [2.05, 4.69) is 0 Å². The Kier molecular flexibility index (Phi) is 41.0. The number of aromatic hydroxyl groups is 3. The number of rotatable bonds is 28. The van der Waals surface area contributed by atoms with Crippen molar-refractivity contribution in [2.24, 2.45) is 0 Å². The minimum Gasteiger partial charge on any atom is -0.507 e. The molecule has 4 saturated heterocycles. The third-order valence-corrected chi connectivity index (χ3v) is 18.9. The first-order valence-corrected chi connectivity index (χ1v) is 40.2. The second-order valence-electron chi connectivity index (χ2n) is 29.6. The lowest BCUT2D eigenvalue weighted by Crippen LogP contribution is -2.64. The van der Waals surface area contributed by atoms with Crippen LogP contribution in [0.15, 0.2) is 78.3 Å². The monoisotopic (exact) mass is 1950 g/mol. The van der Waals surface area contributed by atoms with Crippen LogP contribution in [-0.4, -0.2) is 295 Å². The van der Waals surface area contributed by atoms with Crippen LogP contribution < -0.4 is 9.47 Å². The van der Waals surface area contributed by atoms with Crippen LogP contribution in [0, 0.1) is 0 Å². The van der Waals surface area contributed by atoms with Crippen molar-refractivity contribution in [1.29, 1.82) is 0 Å². The quantitative estimate of drug-likeness (QED) is 0.0530. The molecular weight excluding hydrogens is 1850 g/mol. The Morgan fingerprint density at radius 1 is 0.261 bits per heavy atom. The summed E-state index contributed by atoms with van der Waals surface area (Å²) in [6.07, 6.45) is -30.2. The highest BCUT2D eigenvalue weighted by atomic mass is 16.8. The van der Waals surface area contributed by atoms with E-state index in [1.165, 1.54) is 30.3 Å². The molecule has 0 unspecified atom stereocenters. The van der Waals surface area contributed by atoms with E-state index in [-0.39, 0.29) is 44.5 Å². The van der Waals surface area contributed by atoms with E-state index in [1.54, 1.807) is 12.1 Å². The largest absolute Gasteiger partial charge is 0.507 e. The number of esters is 16. The zero-order valence-corrected chi connectivity index (χ0v) is 74.3. The van der Waals surface area contributed by atoms with Crippen molar-refractivity contribution in [3.8, 4) is 28.7 Å². The average Bonchev–Trinajstić information content (AvgIpc) is 0.730. The van der Waals surface area contributed by atoms with Crippen LogP contribution in [0.25, 0.3) is 0 Å². The summed E-state index contributed by atoms with van der Waals surface area (Å²) < 4.78 is 131. The number of hydrogen-bond donors (Lipinski definition) is 3. The smallest absolute Gasteiger partial charge is 0.303 e. The van der Waals surface area contributed by atoms with Crippen molar-refractivity contribution in [3.63, 3.8) is 0 Å². The number of benzene rings is 3. The molecule has 0 spiro atoms. The van der Waals surface area contributed by atoms with E-state index in [9.17, 15) is 121 Å². The van der Waals surface area contributed by atoms with Gasteiger partial charge in [0.05, 0.1) is 16.7 Å². The van der Waals surface area contributed by atoms with Gasteiger partial charge in [0, 0.05) is 140 Å². The molecule has 4 aliphatic heterocycles. The number of ether oxygens (including phenoxy) is 24.